The zero-order valence-corrected chi connectivity index (χ0v) is 17.4. The van der Waals surface area contributed by atoms with Crippen LogP contribution in [0.5, 0.6) is 5.75 Å². The van der Waals surface area contributed by atoms with E-state index in [1.165, 1.54) is 10.5 Å². The van der Waals surface area contributed by atoms with E-state index in [0.717, 1.165) is 30.0 Å². The predicted octanol–water partition coefficient (Wildman–Crippen LogP) is 3.65. The highest BCUT2D eigenvalue weighted by atomic mass is 35.5. The third-order valence-corrected chi connectivity index (χ3v) is 5.53. The molecule has 146 valence electrons. The minimum absolute atomic E-state index is 0.356. The molecule has 0 radical (unpaired) electrons. The van der Waals surface area contributed by atoms with Gasteiger partial charge in [-0.2, -0.15) is 4.68 Å². The lowest BCUT2D eigenvalue weighted by Gasteiger charge is -2.13. The highest BCUT2D eigenvalue weighted by molar-refractivity contribution is 7.71. The molecule has 0 amide bonds. The molecule has 3 aromatic rings. The number of nitrogens with one attached hydrogen (secondary N) is 1. The smallest absolute Gasteiger partial charge is 0.203 e. The van der Waals surface area contributed by atoms with Crippen molar-refractivity contribution in [2.24, 2.45) is 0 Å². The third kappa shape index (κ3) is 4.46. The van der Waals surface area contributed by atoms with Gasteiger partial charge in [0.1, 0.15) is 18.9 Å². The van der Waals surface area contributed by atoms with Crippen molar-refractivity contribution < 1.29 is 9.64 Å². The second kappa shape index (κ2) is 8.47. The Balaban J connectivity index is 1.50. The summed E-state index contributed by atoms with van der Waals surface area (Å²) >= 11 is 11.9. The molecule has 1 aliphatic rings. The zero-order valence-electron chi connectivity index (χ0n) is 15.8. The van der Waals surface area contributed by atoms with Gasteiger partial charge >= 0.3 is 0 Å². The molecule has 1 heterocycles. The van der Waals surface area contributed by atoms with Crippen molar-refractivity contribution in [1.29, 1.82) is 0 Å². The van der Waals surface area contributed by atoms with Gasteiger partial charge < -0.3 is 9.64 Å². The average molecular weight is 416 g/mol. The summed E-state index contributed by atoms with van der Waals surface area (Å²) in [6.07, 6.45) is 2.29. The molecule has 28 heavy (non-hydrogen) atoms. The Labute approximate surface area is 175 Å². The lowest BCUT2D eigenvalue weighted by molar-refractivity contribution is -0.917. The number of benzene rings is 2. The van der Waals surface area contributed by atoms with Gasteiger partial charge in [0.25, 0.3) is 0 Å². The fraction of sp³-hybridized carbons (Fsp3) is 0.333. The van der Waals surface area contributed by atoms with Crippen molar-refractivity contribution in [2.45, 2.75) is 38.7 Å². The molecule has 1 unspecified atom stereocenters. The van der Waals surface area contributed by atoms with Crippen LogP contribution in [0.2, 0.25) is 5.02 Å². The molecule has 0 bridgehead atoms. The summed E-state index contributed by atoms with van der Waals surface area (Å²) in [6, 6.07) is 18.4. The lowest BCUT2D eigenvalue weighted by Crippen LogP contribution is -3.07. The van der Waals surface area contributed by atoms with Crippen LogP contribution in [0.1, 0.15) is 30.3 Å². The van der Waals surface area contributed by atoms with Crippen LogP contribution >= 0.6 is 23.8 Å². The van der Waals surface area contributed by atoms with E-state index in [2.05, 4.69) is 35.9 Å². The van der Waals surface area contributed by atoms with E-state index in [4.69, 9.17) is 33.7 Å². The molecule has 5 nitrogen and oxygen atoms in total. The van der Waals surface area contributed by atoms with Crippen LogP contribution in [0, 0.1) is 4.77 Å². The third-order valence-electron chi connectivity index (χ3n) is 4.81. The number of rotatable bonds is 8. The maximum absolute atomic E-state index is 6.21. The molecule has 1 fully saturated rings. The molecule has 7 heteroatoms. The molecule has 0 aliphatic heterocycles. The normalized spacial score (nSPS) is 14.8. The fourth-order valence-corrected chi connectivity index (χ4v) is 3.88. The van der Waals surface area contributed by atoms with E-state index in [1.54, 1.807) is 0 Å². The van der Waals surface area contributed by atoms with Gasteiger partial charge in [-0.3, -0.25) is 4.57 Å². The molecule has 1 atom stereocenters. The van der Waals surface area contributed by atoms with Crippen LogP contribution in [0.4, 0.5) is 0 Å². The maximum Gasteiger partial charge on any atom is 0.203 e. The molecule has 0 saturated heterocycles. The van der Waals surface area contributed by atoms with Crippen molar-refractivity contribution in [2.75, 3.05) is 7.05 Å². The van der Waals surface area contributed by atoms with E-state index in [0.29, 0.717) is 30.1 Å². The molecule has 4 rings (SSSR count). The highest BCUT2D eigenvalue weighted by Crippen LogP contribution is 2.36. The largest absolute Gasteiger partial charge is 0.484 e. The van der Waals surface area contributed by atoms with Crippen LogP contribution in [0.15, 0.2) is 54.6 Å². The van der Waals surface area contributed by atoms with Gasteiger partial charge in [-0.25, -0.2) is 0 Å². The summed E-state index contributed by atoms with van der Waals surface area (Å²) in [7, 11) is 2.16. The van der Waals surface area contributed by atoms with Gasteiger partial charge in [0.15, 0.2) is 12.5 Å². The standard InChI is InChI=1S/C21H23ClN4OS/c1-24(13-16-7-3-2-4-8-16)15-25-21(28)26(17-11-12-17)20(23-25)14-27-19-10-6-5-9-18(19)22/h2-10,17H,11-15H2,1H3/p+1. The number of nitrogens with zero attached hydrogens (tertiary/aromatic N) is 3. The maximum atomic E-state index is 6.21. The fourth-order valence-electron chi connectivity index (χ4n) is 3.33. The Bertz CT molecular complexity index is 997. The highest BCUT2D eigenvalue weighted by Gasteiger charge is 2.29. The second-order valence-electron chi connectivity index (χ2n) is 7.30. The van der Waals surface area contributed by atoms with Crippen molar-refractivity contribution >= 4 is 23.8 Å². The Hall–Kier alpha value is -2.15. The van der Waals surface area contributed by atoms with Gasteiger partial charge in [0, 0.05) is 11.6 Å². The molecule has 1 N–H and O–H groups in total. The summed E-state index contributed by atoms with van der Waals surface area (Å²) in [6.45, 7) is 1.99. The zero-order chi connectivity index (χ0) is 19.5. The summed E-state index contributed by atoms with van der Waals surface area (Å²) in [4.78, 5) is 1.32. The van der Waals surface area contributed by atoms with Crippen molar-refractivity contribution in [3.8, 4) is 5.75 Å². The average Bonchev–Trinajstić information content (AvgIpc) is 3.47. The Morgan fingerprint density at radius 2 is 1.86 bits per heavy atom. The quantitative estimate of drug-likeness (QED) is 0.570. The van der Waals surface area contributed by atoms with Crippen LogP contribution in [-0.2, 0) is 19.8 Å². The van der Waals surface area contributed by atoms with Gasteiger partial charge in [-0.1, -0.05) is 54.1 Å². The van der Waals surface area contributed by atoms with E-state index in [-0.39, 0.29) is 0 Å². The minimum atomic E-state index is 0.356. The van der Waals surface area contributed by atoms with Crippen LogP contribution in [0.3, 0.4) is 0 Å². The van der Waals surface area contributed by atoms with Gasteiger partial charge in [0.05, 0.1) is 12.1 Å². The number of quaternary nitrogens is 1. The van der Waals surface area contributed by atoms with Crippen molar-refractivity contribution in [3.05, 3.63) is 75.8 Å². The van der Waals surface area contributed by atoms with E-state index in [1.807, 2.05) is 35.0 Å². The first-order valence-corrected chi connectivity index (χ1v) is 10.3. The molecule has 1 aromatic heterocycles. The molecular formula is C21H24ClN4OS+. The number of aromatic nitrogens is 3. The summed E-state index contributed by atoms with van der Waals surface area (Å²) < 4.78 is 10.8. The number of halogens is 1. The monoisotopic (exact) mass is 415 g/mol. The van der Waals surface area contributed by atoms with Crippen LogP contribution in [0.25, 0.3) is 0 Å². The SMILES string of the molecule is C[NH+](Cc1ccccc1)Cn1nc(COc2ccccc2Cl)n(C2CC2)c1=S. The van der Waals surface area contributed by atoms with Gasteiger partial charge in [0.2, 0.25) is 4.77 Å². The molecule has 0 spiro atoms. The Kier molecular flexibility index (Phi) is 5.80. The summed E-state index contributed by atoms with van der Waals surface area (Å²) in [5.41, 5.74) is 1.30. The summed E-state index contributed by atoms with van der Waals surface area (Å²) in [5.74, 6) is 1.53. The van der Waals surface area contributed by atoms with Gasteiger partial charge in [-0.05, 0) is 37.2 Å². The van der Waals surface area contributed by atoms with Crippen LogP contribution < -0.4 is 9.64 Å². The summed E-state index contributed by atoms with van der Waals surface area (Å²) in [5, 5.41) is 5.39. The minimum Gasteiger partial charge on any atom is -0.484 e. The topological polar surface area (TPSA) is 36.4 Å². The first kappa shape index (κ1) is 19.2. The molecular weight excluding hydrogens is 392 g/mol. The van der Waals surface area contributed by atoms with E-state index in [9.17, 15) is 0 Å². The van der Waals surface area contributed by atoms with Gasteiger partial charge in [-0.15, -0.1) is 5.10 Å². The van der Waals surface area contributed by atoms with Crippen LogP contribution in [-0.4, -0.2) is 21.4 Å². The lowest BCUT2D eigenvalue weighted by atomic mass is 10.2. The molecule has 1 saturated carbocycles. The second-order valence-corrected chi connectivity index (χ2v) is 8.07. The van der Waals surface area contributed by atoms with Crippen molar-refractivity contribution in [3.63, 3.8) is 0 Å². The Morgan fingerprint density at radius 1 is 1.14 bits per heavy atom. The Morgan fingerprint density at radius 3 is 2.57 bits per heavy atom. The first-order chi connectivity index (χ1) is 13.6. The first-order valence-electron chi connectivity index (χ1n) is 9.52. The molecule has 1 aliphatic carbocycles. The number of ether oxygens (including phenoxy) is 1. The number of para-hydroxylation sites is 1. The van der Waals surface area contributed by atoms with E-state index >= 15 is 0 Å². The van der Waals surface area contributed by atoms with E-state index < -0.39 is 0 Å². The molecule has 2 aromatic carbocycles. The predicted molar refractivity (Wildman–Crippen MR) is 112 cm³/mol. The number of hydrogen-bond donors (Lipinski definition) is 1. The number of hydrogen-bond acceptors (Lipinski definition) is 3. The van der Waals surface area contributed by atoms with Crippen molar-refractivity contribution in [1.82, 2.24) is 14.3 Å².